The molecular weight excluding hydrogens is 1030 g/mol. The van der Waals surface area contributed by atoms with Gasteiger partial charge in [0, 0.05) is 65.2 Å². The first kappa shape index (κ1) is 47.3. The van der Waals surface area contributed by atoms with Crippen molar-refractivity contribution in [2.75, 3.05) is 4.90 Å². The van der Waals surface area contributed by atoms with Crippen molar-refractivity contribution in [3.8, 4) is 44.8 Å². The van der Waals surface area contributed by atoms with E-state index in [1.807, 2.05) is 11.8 Å². The fourth-order valence-electron chi connectivity index (χ4n) is 15.1. The summed E-state index contributed by atoms with van der Waals surface area (Å²) in [7, 11) is 0. The number of rotatable bonds is 7. The Balaban J connectivity index is 0.995. The predicted molar refractivity (Wildman–Crippen MR) is 353 cm³/mol. The monoisotopic (exact) mass is 1080 g/mol. The van der Waals surface area contributed by atoms with Gasteiger partial charge in [0.2, 0.25) is 6.71 Å². The van der Waals surface area contributed by atoms with Crippen LogP contribution in [-0.4, -0.2) is 15.8 Å². The Morgan fingerprint density at radius 2 is 0.750 bits per heavy atom. The molecule has 0 N–H and O–H groups in total. The zero-order chi connectivity index (χ0) is 55.0. The lowest BCUT2D eigenvalue weighted by molar-refractivity contribution is 0.766. The van der Waals surface area contributed by atoms with Crippen LogP contribution in [0.15, 0.2) is 313 Å². The number of para-hydroxylation sites is 5. The summed E-state index contributed by atoms with van der Waals surface area (Å²) in [5.74, 6) is 0. The molecule has 0 bridgehead atoms. The molecule has 0 spiro atoms. The predicted octanol–water partition coefficient (Wildman–Crippen LogP) is 18.3. The lowest BCUT2D eigenvalue weighted by atomic mass is 9.34. The zero-order valence-corrected chi connectivity index (χ0v) is 46.5. The molecule has 5 heteroatoms. The molecule has 0 radical (unpaired) electrons. The summed E-state index contributed by atoms with van der Waals surface area (Å²) in [6.45, 7) is -0.106. The summed E-state index contributed by atoms with van der Waals surface area (Å²) in [4.78, 5) is 5.22. The Morgan fingerprint density at radius 1 is 0.310 bits per heavy atom. The maximum absolute atomic E-state index is 2.69. The highest BCUT2D eigenvalue weighted by Gasteiger charge is 2.49. The first-order valence-corrected chi connectivity index (χ1v) is 29.9. The van der Waals surface area contributed by atoms with Gasteiger partial charge >= 0.3 is 0 Å². The van der Waals surface area contributed by atoms with Crippen LogP contribution in [0, 0.1) is 0 Å². The normalized spacial score (nSPS) is 13.5. The highest BCUT2D eigenvalue weighted by molar-refractivity contribution is 8.00. The van der Waals surface area contributed by atoms with Crippen molar-refractivity contribution in [3.63, 3.8) is 0 Å². The Kier molecular flexibility index (Phi) is 10.3. The highest BCUT2D eigenvalue weighted by Crippen LogP contribution is 2.58. The van der Waals surface area contributed by atoms with Gasteiger partial charge in [-0.2, -0.15) is 0 Å². The van der Waals surface area contributed by atoms with Crippen LogP contribution in [0.5, 0.6) is 0 Å². The quantitative estimate of drug-likeness (QED) is 0.148. The van der Waals surface area contributed by atoms with Crippen molar-refractivity contribution in [2.45, 2.75) is 15.2 Å². The van der Waals surface area contributed by atoms with E-state index in [0.29, 0.717) is 0 Å². The van der Waals surface area contributed by atoms with E-state index in [-0.39, 0.29) is 6.71 Å². The second-order valence-corrected chi connectivity index (χ2v) is 23.7. The third-order valence-corrected chi connectivity index (χ3v) is 19.6. The van der Waals surface area contributed by atoms with Gasteiger partial charge in [0.05, 0.1) is 33.2 Å². The average Bonchev–Trinajstić information content (AvgIpc) is 1.28. The Bertz CT molecular complexity index is 4990. The van der Waals surface area contributed by atoms with Crippen molar-refractivity contribution >= 4 is 95.5 Å². The van der Waals surface area contributed by atoms with E-state index in [4.69, 9.17) is 0 Å². The summed E-state index contributed by atoms with van der Waals surface area (Å²) in [6, 6.07) is 114. The van der Waals surface area contributed by atoms with Gasteiger partial charge < -0.3 is 14.0 Å². The molecule has 2 aromatic heterocycles. The first-order chi connectivity index (χ1) is 41.7. The smallest absolute Gasteiger partial charge is 0.249 e. The van der Waals surface area contributed by atoms with Crippen molar-refractivity contribution in [3.05, 3.63) is 326 Å². The molecule has 3 nitrogen and oxygen atoms in total. The van der Waals surface area contributed by atoms with E-state index >= 15 is 0 Å². The minimum Gasteiger partial charge on any atom is -0.310 e. The molecule has 1 aliphatic carbocycles. The molecule has 4 heterocycles. The van der Waals surface area contributed by atoms with Crippen LogP contribution in [0.1, 0.15) is 22.3 Å². The van der Waals surface area contributed by atoms with Crippen molar-refractivity contribution in [1.82, 2.24) is 9.13 Å². The van der Waals surface area contributed by atoms with Gasteiger partial charge in [-0.3, -0.25) is 0 Å². The molecule has 0 atom stereocenters. The Hall–Kier alpha value is -10.3. The average molecular weight is 1080 g/mol. The van der Waals surface area contributed by atoms with Crippen molar-refractivity contribution < 1.29 is 0 Å². The maximum Gasteiger partial charge on any atom is 0.249 e. The molecule has 13 aromatic carbocycles. The molecular formula is C79H50BN3S. The molecule has 15 aromatic rings. The molecule has 0 saturated heterocycles. The Morgan fingerprint density at radius 3 is 1.29 bits per heavy atom. The van der Waals surface area contributed by atoms with Crippen molar-refractivity contribution in [1.29, 1.82) is 0 Å². The first-order valence-electron chi connectivity index (χ1n) is 29.1. The van der Waals surface area contributed by atoms with Gasteiger partial charge in [-0.25, -0.2) is 0 Å². The van der Waals surface area contributed by atoms with Crippen LogP contribution in [0.3, 0.4) is 0 Å². The van der Waals surface area contributed by atoms with Gasteiger partial charge in [0.15, 0.2) is 0 Å². The fraction of sp³-hybridized carbons (Fsp3) is 0.0127. The largest absolute Gasteiger partial charge is 0.310 e. The number of hydrogen-bond donors (Lipinski definition) is 0. The van der Waals surface area contributed by atoms with Crippen LogP contribution in [0.2, 0.25) is 0 Å². The topological polar surface area (TPSA) is 13.1 Å². The van der Waals surface area contributed by atoms with Crippen LogP contribution in [-0.2, 0) is 5.41 Å². The van der Waals surface area contributed by atoms with Crippen molar-refractivity contribution in [2.24, 2.45) is 0 Å². The summed E-state index contributed by atoms with van der Waals surface area (Å²) in [5, 5.41) is 4.99. The van der Waals surface area contributed by atoms with Crippen LogP contribution in [0.4, 0.5) is 17.1 Å². The van der Waals surface area contributed by atoms with Gasteiger partial charge in [0.1, 0.15) is 0 Å². The van der Waals surface area contributed by atoms with E-state index in [0.717, 1.165) is 45.0 Å². The molecule has 2 aliphatic heterocycles. The molecule has 0 saturated carbocycles. The van der Waals surface area contributed by atoms with Gasteiger partial charge in [-0.1, -0.05) is 260 Å². The molecule has 390 valence electrons. The van der Waals surface area contributed by atoms with Gasteiger partial charge in [-0.05, 0) is 116 Å². The van der Waals surface area contributed by atoms with Crippen LogP contribution >= 0.6 is 11.8 Å². The molecule has 18 rings (SSSR count). The number of benzene rings is 13. The standard InChI is InChI=1S/C79H50BN3S/c1-4-23-51(24-5-1)57-35-22-36-58(52-25-6-2-7-26-52)78(57)83-73-49-55(81-69-39-18-12-31-61(69)62-32-13-19-40-70(62)81)43-45-67(73)80-68-46-44-56(82-71-41-20-14-33-63(71)64-34-15-21-42-72(64)82)50-75(68)84-76-48-54(47-74(83)77(76)80)79(53-27-8-3-9-28-53)65-37-16-10-29-59(65)60-30-11-17-38-66(60)79/h1-50H. The molecule has 0 unspecified atom stereocenters. The lowest BCUT2D eigenvalue weighted by Gasteiger charge is -2.43. The van der Waals surface area contributed by atoms with Crippen LogP contribution < -0.4 is 21.3 Å². The summed E-state index contributed by atoms with van der Waals surface area (Å²) in [5.41, 5.74) is 26.0. The summed E-state index contributed by atoms with van der Waals surface area (Å²) < 4.78 is 4.96. The summed E-state index contributed by atoms with van der Waals surface area (Å²) >= 11 is 1.93. The Labute approximate surface area is 492 Å². The van der Waals surface area contributed by atoms with Gasteiger partial charge in [0.25, 0.3) is 0 Å². The zero-order valence-electron chi connectivity index (χ0n) is 45.7. The number of anilines is 3. The molecule has 84 heavy (non-hydrogen) atoms. The minimum absolute atomic E-state index is 0.106. The maximum atomic E-state index is 2.69. The lowest BCUT2D eigenvalue weighted by Crippen LogP contribution is -2.60. The van der Waals surface area contributed by atoms with Crippen LogP contribution in [0.25, 0.3) is 88.4 Å². The van der Waals surface area contributed by atoms with E-state index < -0.39 is 5.41 Å². The fourth-order valence-corrected chi connectivity index (χ4v) is 16.3. The third-order valence-electron chi connectivity index (χ3n) is 18.4. The number of nitrogens with zero attached hydrogens (tertiary/aromatic N) is 3. The SMILES string of the molecule is c1ccc(-c2cccc(-c3ccccc3)c2N2c3cc(-n4c5ccccc5c5ccccc54)ccc3B3c4ccc(-n5c6ccccc6c6ccccc65)cc4Sc4cc(C5(c6ccccc6)c6ccccc6-c6ccccc65)cc2c43)cc1. The summed E-state index contributed by atoms with van der Waals surface area (Å²) in [6.07, 6.45) is 0. The molecule has 0 amide bonds. The van der Waals surface area contributed by atoms with E-state index in [9.17, 15) is 0 Å². The number of fused-ring (bicyclic) bond motifs is 13. The van der Waals surface area contributed by atoms with E-state index in [2.05, 4.69) is 317 Å². The molecule has 0 fully saturated rings. The van der Waals surface area contributed by atoms with E-state index in [1.54, 1.807) is 0 Å². The minimum atomic E-state index is -0.668. The second-order valence-electron chi connectivity index (χ2n) is 22.6. The molecule has 3 aliphatic rings. The van der Waals surface area contributed by atoms with Gasteiger partial charge in [-0.15, -0.1) is 0 Å². The highest BCUT2D eigenvalue weighted by atomic mass is 32.2. The van der Waals surface area contributed by atoms with E-state index in [1.165, 1.54) is 109 Å². The second kappa shape index (κ2) is 18.3. The number of aromatic nitrogens is 2. The number of hydrogen-bond acceptors (Lipinski definition) is 2. The third kappa shape index (κ3) is 6.67.